The molecule has 2 heterocycles. The lowest BCUT2D eigenvalue weighted by Gasteiger charge is -2.30. The van der Waals surface area contributed by atoms with Crippen LogP contribution in [0.1, 0.15) is 21.6 Å². The predicted octanol–water partition coefficient (Wildman–Crippen LogP) is 5.70. The predicted molar refractivity (Wildman–Crippen MR) is 98.7 cm³/mol. The smallest absolute Gasteiger partial charge is 0.425 e. The van der Waals surface area contributed by atoms with E-state index < -0.39 is 17.7 Å². The Bertz CT molecular complexity index is 958. The van der Waals surface area contributed by atoms with Crippen LogP contribution in [-0.2, 0) is 15.1 Å². The molecule has 0 spiro atoms. The quantitative estimate of drug-likeness (QED) is 0.443. The van der Waals surface area contributed by atoms with Crippen molar-refractivity contribution in [2.45, 2.75) is 11.8 Å². The highest BCUT2D eigenvalue weighted by atomic mass is 35.5. The SMILES string of the molecule is COC(=O)c1ccc(C2=CC(c3cc(Cl)cc(Cl)c3)(C(F)(F)F)OC2)nc1Cl. The minimum absolute atomic E-state index is 0.00357. The maximum absolute atomic E-state index is 14.0. The lowest BCUT2D eigenvalue weighted by atomic mass is 9.91. The molecule has 4 nitrogen and oxygen atoms in total. The van der Waals surface area contributed by atoms with Gasteiger partial charge in [-0.1, -0.05) is 34.8 Å². The number of halogens is 6. The van der Waals surface area contributed by atoms with Crippen LogP contribution < -0.4 is 0 Å². The Morgan fingerprint density at radius 1 is 1.18 bits per heavy atom. The van der Waals surface area contributed by atoms with Crippen molar-refractivity contribution >= 4 is 46.3 Å². The molecule has 1 aliphatic rings. The molecule has 10 heteroatoms. The van der Waals surface area contributed by atoms with Gasteiger partial charge in [0.1, 0.15) is 5.15 Å². The molecule has 3 rings (SSSR count). The first-order valence-electron chi connectivity index (χ1n) is 7.71. The van der Waals surface area contributed by atoms with Gasteiger partial charge in [-0.2, -0.15) is 13.2 Å². The topological polar surface area (TPSA) is 48.4 Å². The lowest BCUT2D eigenvalue weighted by Crippen LogP contribution is -2.41. The number of nitrogens with zero attached hydrogens (tertiary/aromatic N) is 1. The number of ether oxygens (including phenoxy) is 2. The molecule has 148 valence electrons. The van der Waals surface area contributed by atoms with Crippen LogP contribution in [0.15, 0.2) is 36.4 Å². The number of benzene rings is 1. The van der Waals surface area contributed by atoms with Crippen molar-refractivity contribution in [3.63, 3.8) is 0 Å². The van der Waals surface area contributed by atoms with Crippen LogP contribution in [0.5, 0.6) is 0 Å². The Hall–Kier alpha value is -1.80. The molecule has 0 N–H and O–H groups in total. The van der Waals surface area contributed by atoms with Gasteiger partial charge in [0.15, 0.2) is 0 Å². The van der Waals surface area contributed by atoms with E-state index in [1.165, 1.54) is 25.3 Å². The number of hydrogen-bond donors (Lipinski definition) is 0. The van der Waals surface area contributed by atoms with Gasteiger partial charge in [-0.25, -0.2) is 9.78 Å². The summed E-state index contributed by atoms with van der Waals surface area (Å²) in [5.74, 6) is -0.709. The second-order valence-electron chi connectivity index (χ2n) is 5.88. The van der Waals surface area contributed by atoms with Crippen LogP contribution in [-0.4, -0.2) is 30.8 Å². The molecule has 1 atom stereocenters. The van der Waals surface area contributed by atoms with Crippen molar-refractivity contribution in [1.29, 1.82) is 0 Å². The normalized spacial score (nSPS) is 19.5. The fourth-order valence-electron chi connectivity index (χ4n) is 2.81. The molecule has 0 saturated carbocycles. The van der Waals surface area contributed by atoms with Gasteiger partial charge in [-0.15, -0.1) is 0 Å². The number of carbonyl (C=O) groups is 1. The molecule has 0 bridgehead atoms. The van der Waals surface area contributed by atoms with Crippen LogP contribution >= 0.6 is 34.8 Å². The van der Waals surface area contributed by atoms with Crippen LogP contribution in [0.2, 0.25) is 15.2 Å². The Morgan fingerprint density at radius 2 is 1.82 bits per heavy atom. The highest BCUT2D eigenvalue weighted by Gasteiger charge is 2.58. The van der Waals surface area contributed by atoms with E-state index >= 15 is 0 Å². The Labute approximate surface area is 172 Å². The van der Waals surface area contributed by atoms with Crippen molar-refractivity contribution in [1.82, 2.24) is 4.98 Å². The summed E-state index contributed by atoms with van der Waals surface area (Å²) in [5, 5.41) is -0.110. The number of carbonyl (C=O) groups excluding carboxylic acids is 1. The highest BCUT2D eigenvalue weighted by molar-refractivity contribution is 6.34. The second-order valence-corrected chi connectivity index (χ2v) is 7.11. The summed E-state index contributed by atoms with van der Waals surface area (Å²) in [6.45, 7) is -0.384. The molecule has 0 radical (unpaired) electrons. The molecule has 1 aromatic carbocycles. The second kappa shape index (κ2) is 7.55. The summed E-state index contributed by atoms with van der Waals surface area (Å²) in [5.41, 5.74) is -2.73. The van der Waals surface area contributed by atoms with E-state index in [4.69, 9.17) is 39.5 Å². The van der Waals surface area contributed by atoms with Gasteiger partial charge in [-0.05, 0) is 42.0 Å². The van der Waals surface area contributed by atoms with Crippen molar-refractivity contribution in [2.75, 3.05) is 13.7 Å². The van der Waals surface area contributed by atoms with Crippen molar-refractivity contribution in [3.05, 3.63) is 68.4 Å². The van der Waals surface area contributed by atoms with Gasteiger partial charge in [0.25, 0.3) is 0 Å². The molecular formula is C18H11Cl3F3NO3. The van der Waals surface area contributed by atoms with Gasteiger partial charge in [0.05, 0.1) is 25.0 Å². The standard InChI is InChI=1S/C18H11Cl3F3NO3/c1-27-16(26)13-2-3-14(25-15(13)21)9-7-17(28-8-9,18(22,23)24)10-4-11(19)6-12(20)5-10/h2-7H,8H2,1H3. The number of alkyl halides is 3. The maximum atomic E-state index is 14.0. The van der Waals surface area contributed by atoms with Crippen molar-refractivity contribution < 1.29 is 27.4 Å². The molecule has 1 unspecified atom stereocenters. The zero-order valence-corrected chi connectivity index (χ0v) is 16.4. The number of methoxy groups -OCH3 is 1. The summed E-state index contributed by atoms with van der Waals surface area (Å²) in [4.78, 5) is 15.6. The molecule has 0 fully saturated rings. The number of esters is 1. The highest BCUT2D eigenvalue weighted by Crippen LogP contribution is 2.49. The van der Waals surface area contributed by atoms with E-state index in [1.54, 1.807) is 0 Å². The van der Waals surface area contributed by atoms with E-state index in [0.717, 1.165) is 18.2 Å². The molecule has 0 saturated heterocycles. The molecule has 1 aliphatic heterocycles. The first-order valence-corrected chi connectivity index (χ1v) is 8.85. The summed E-state index contributed by atoms with van der Waals surface area (Å²) in [7, 11) is 1.17. The third kappa shape index (κ3) is 3.72. The average molecular weight is 453 g/mol. The van der Waals surface area contributed by atoms with Gasteiger partial charge in [0.2, 0.25) is 5.60 Å². The third-order valence-electron chi connectivity index (χ3n) is 4.13. The number of aromatic nitrogens is 1. The van der Waals surface area contributed by atoms with Gasteiger partial charge < -0.3 is 9.47 Å². The minimum Gasteiger partial charge on any atom is -0.465 e. The fraction of sp³-hybridized carbons (Fsp3) is 0.222. The number of rotatable bonds is 3. The third-order valence-corrected chi connectivity index (χ3v) is 4.85. The van der Waals surface area contributed by atoms with E-state index in [0.29, 0.717) is 0 Å². The first kappa shape index (κ1) is 20.9. The van der Waals surface area contributed by atoms with Crippen molar-refractivity contribution in [2.24, 2.45) is 0 Å². The number of hydrogen-bond acceptors (Lipinski definition) is 4. The maximum Gasteiger partial charge on any atom is 0.425 e. The minimum atomic E-state index is -4.79. The zero-order chi connectivity index (χ0) is 20.7. The lowest BCUT2D eigenvalue weighted by molar-refractivity contribution is -0.254. The van der Waals surface area contributed by atoms with E-state index in [9.17, 15) is 18.0 Å². The molecule has 0 amide bonds. The largest absolute Gasteiger partial charge is 0.465 e. The first-order chi connectivity index (χ1) is 13.1. The number of pyridine rings is 1. The Kier molecular flexibility index (Phi) is 5.64. The summed E-state index contributed by atoms with van der Waals surface area (Å²) in [6, 6.07) is 6.29. The summed E-state index contributed by atoms with van der Waals surface area (Å²) >= 11 is 17.7. The van der Waals surface area contributed by atoms with Crippen molar-refractivity contribution in [3.8, 4) is 0 Å². The Balaban J connectivity index is 2.10. The Morgan fingerprint density at radius 3 is 2.36 bits per heavy atom. The average Bonchev–Trinajstić information content (AvgIpc) is 3.07. The van der Waals surface area contributed by atoms with E-state index in [-0.39, 0.29) is 44.2 Å². The monoisotopic (exact) mass is 451 g/mol. The zero-order valence-electron chi connectivity index (χ0n) is 14.1. The van der Waals surface area contributed by atoms with Gasteiger partial charge >= 0.3 is 12.1 Å². The molecule has 1 aromatic heterocycles. The van der Waals surface area contributed by atoms with Gasteiger partial charge in [-0.3, -0.25) is 0 Å². The molecule has 28 heavy (non-hydrogen) atoms. The van der Waals surface area contributed by atoms with Gasteiger partial charge in [0, 0.05) is 15.6 Å². The van der Waals surface area contributed by atoms with E-state index in [2.05, 4.69) is 9.72 Å². The van der Waals surface area contributed by atoms with Crippen LogP contribution in [0.4, 0.5) is 13.2 Å². The summed E-state index contributed by atoms with van der Waals surface area (Å²) in [6.07, 6.45) is -3.88. The van der Waals surface area contributed by atoms with Crippen LogP contribution in [0.25, 0.3) is 5.57 Å². The van der Waals surface area contributed by atoms with E-state index in [1.807, 2.05) is 0 Å². The summed E-state index contributed by atoms with van der Waals surface area (Å²) < 4.78 is 51.7. The van der Waals surface area contributed by atoms with Crippen LogP contribution in [0.3, 0.4) is 0 Å². The van der Waals surface area contributed by atoms with Crippen LogP contribution in [0, 0.1) is 0 Å². The molecule has 0 aliphatic carbocycles. The fourth-order valence-corrected chi connectivity index (χ4v) is 3.56. The molecule has 2 aromatic rings. The molecular weight excluding hydrogens is 442 g/mol.